The van der Waals surface area contributed by atoms with E-state index in [1.54, 1.807) is 0 Å². The average molecular weight is 358 g/mol. The van der Waals surface area contributed by atoms with Crippen LogP contribution in [0, 0.1) is 0 Å². The maximum absolute atomic E-state index is 4.45. The molecule has 0 radical (unpaired) electrons. The molecule has 1 aromatic rings. The smallest absolute Gasteiger partial charge is 0.191 e. The van der Waals surface area contributed by atoms with Gasteiger partial charge in [0.1, 0.15) is 0 Å². The van der Waals surface area contributed by atoms with E-state index in [2.05, 4.69) is 69.9 Å². The SMILES string of the molecule is CN=C(NCC1CN(C)CCN1C)NC1CCC(c2ccccc2)CC1. The Morgan fingerprint density at radius 3 is 2.50 bits per heavy atom. The quantitative estimate of drug-likeness (QED) is 0.640. The molecular formula is C21H35N5. The zero-order valence-corrected chi connectivity index (χ0v) is 16.6. The van der Waals surface area contributed by atoms with Gasteiger partial charge in [-0.2, -0.15) is 0 Å². The van der Waals surface area contributed by atoms with Crippen LogP contribution in [0.2, 0.25) is 0 Å². The molecule has 0 amide bonds. The fourth-order valence-corrected chi connectivity index (χ4v) is 4.22. The van der Waals surface area contributed by atoms with E-state index >= 15 is 0 Å². The van der Waals surface area contributed by atoms with Crippen LogP contribution < -0.4 is 10.6 Å². The largest absolute Gasteiger partial charge is 0.355 e. The molecule has 1 aliphatic carbocycles. The molecule has 144 valence electrons. The Labute approximate surface area is 158 Å². The molecule has 5 heteroatoms. The van der Waals surface area contributed by atoms with Crippen molar-refractivity contribution in [3.8, 4) is 0 Å². The standard InChI is InChI=1S/C21H35N5/c1-22-21(23-15-20-16-25(2)13-14-26(20)3)24-19-11-9-18(10-12-19)17-7-5-4-6-8-17/h4-8,18-20H,9-16H2,1-3H3,(H2,22,23,24). The van der Waals surface area contributed by atoms with E-state index in [1.165, 1.54) is 31.2 Å². The van der Waals surface area contributed by atoms with Crippen LogP contribution in [-0.4, -0.2) is 75.2 Å². The highest BCUT2D eigenvalue weighted by Crippen LogP contribution is 2.32. The van der Waals surface area contributed by atoms with Crippen LogP contribution in [0.5, 0.6) is 0 Å². The number of rotatable bonds is 4. The third-order valence-corrected chi connectivity index (χ3v) is 6.05. The number of likely N-dealkylation sites (N-methyl/N-ethyl adjacent to an activating group) is 2. The highest BCUT2D eigenvalue weighted by molar-refractivity contribution is 5.80. The summed E-state index contributed by atoms with van der Waals surface area (Å²) in [4.78, 5) is 9.31. The van der Waals surface area contributed by atoms with Gasteiger partial charge >= 0.3 is 0 Å². The summed E-state index contributed by atoms with van der Waals surface area (Å²) >= 11 is 0. The van der Waals surface area contributed by atoms with Crippen molar-refractivity contribution < 1.29 is 0 Å². The van der Waals surface area contributed by atoms with Gasteiger partial charge in [0, 0.05) is 45.3 Å². The molecule has 0 aromatic heterocycles. The number of hydrogen-bond acceptors (Lipinski definition) is 3. The second kappa shape index (κ2) is 9.38. The van der Waals surface area contributed by atoms with Gasteiger partial charge in [0.25, 0.3) is 0 Å². The number of aliphatic imine (C=N–C) groups is 1. The third-order valence-electron chi connectivity index (χ3n) is 6.05. The van der Waals surface area contributed by atoms with E-state index in [0.717, 1.165) is 38.1 Å². The van der Waals surface area contributed by atoms with Crippen LogP contribution in [0.1, 0.15) is 37.2 Å². The van der Waals surface area contributed by atoms with E-state index in [9.17, 15) is 0 Å². The van der Waals surface area contributed by atoms with Crippen molar-refractivity contribution in [2.24, 2.45) is 4.99 Å². The van der Waals surface area contributed by atoms with E-state index in [4.69, 9.17) is 0 Å². The molecule has 3 rings (SSSR count). The topological polar surface area (TPSA) is 42.9 Å². The molecule has 1 aliphatic heterocycles. The maximum atomic E-state index is 4.45. The lowest BCUT2D eigenvalue weighted by molar-refractivity contribution is 0.116. The molecule has 1 heterocycles. The van der Waals surface area contributed by atoms with E-state index < -0.39 is 0 Å². The van der Waals surface area contributed by atoms with Crippen LogP contribution in [0.3, 0.4) is 0 Å². The zero-order valence-electron chi connectivity index (χ0n) is 16.6. The van der Waals surface area contributed by atoms with Crippen molar-refractivity contribution in [2.45, 2.75) is 43.7 Å². The number of piperazine rings is 1. The predicted octanol–water partition coefficient (Wildman–Crippen LogP) is 2.12. The molecule has 26 heavy (non-hydrogen) atoms. The fourth-order valence-electron chi connectivity index (χ4n) is 4.22. The molecule has 2 N–H and O–H groups in total. The van der Waals surface area contributed by atoms with Crippen molar-refractivity contribution in [3.05, 3.63) is 35.9 Å². The normalized spacial score (nSPS) is 28.7. The van der Waals surface area contributed by atoms with Crippen molar-refractivity contribution in [3.63, 3.8) is 0 Å². The van der Waals surface area contributed by atoms with Crippen molar-refractivity contribution in [2.75, 3.05) is 47.3 Å². The van der Waals surface area contributed by atoms with E-state index in [-0.39, 0.29) is 0 Å². The molecule has 1 saturated heterocycles. The number of guanidine groups is 1. The summed E-state index contributed by atoms with van der Waals surface area (Å²) in [6.45, 7) is 4.35. The minimum atomic E-state index is 0.535. The summed E-state index contributed by atoms with van der Waals surface area (Å²) in [5.41, 5.74) is 1.50. The first-order valence-corrected chi connectivity index (χ1v) is 10.1. The fraction of sp³-hybridized carbons (Fsp3) is 0.667. The third kappa shape index (κ3) is 5.21. The lowest BCUT2D eigenvalue weighted by atomic mass is 9.82. The van der Waals surface area contributed by atoms with E-state index in [1.807, 2.05) is 7.05 Å². The van der Waals surface area contributed by atoms with Gasteiger partial charge in [0.05, 0.1) is 0 Å². The summed E-state index contributed by atoms with van der Waals surface area (Å²) < 4.78 is 0. The number of benzene rings is 1. The second-order valence-electron chi connectivity index (χ2n) is 7.95. The monoisotopic (exact) mass is 357 g/mol. The zero-order chi connectivity index (χ0) is 18.4. The highest BCUT2D eigenvalue weighted by Gasteiger charge is 2.24. The Hall–Kier alpha value is -1.59. The Balaban J connectivity index is 1.43. The first kappa shape index (κ1) is 19.2. The van der Waals surface area contributed by atoms with Gasteiger partial charge < -0.3 is 15.5 Å². The predicted molar refractivity (Wildman–Crippen MR) is 110 cm³/mol. The van der Waals surface area contributed by atoms with Crippen molar-refractivity contribution in [1.82, 2.24) is 20.4 Å². The summed E-state index contributed by atoms with van der Waals surface area (Å²) in [5.74, 6) is 1.67. The number of nitrogens with one attached hydrogen (secondary N) is 2. The number of nitrogens with zero attached hydrogens (tertiary/aromatic N) is 3. The Morgan fingerprint density at radius 1 is 1.08 bits per heavy atom. The van der Waals surface area contributed by atoms with E-state index in [0.29, 0.717) is 12.1 Å². The van der Waals surface area contributed by atoms with Gasteiger partial charge in [-0.3, -0.25) is 9.89 Å². The molecule has 0 spiro atoms. The maximum Gasteiger partial charge on any atom is 0.191 e. The minimum Gasteiger partial charge on any atom is -0.355 e. The van der Waals surface area contributed by atoms with Gasteiger partial charge in [-0.05, 0) is 51.3 Å². The summed E-state index contributed by atoms with van der Waals surface area (Å²) in [7, 11) is 6.31. The molecule has 1 aromatic carbocycles. The molecule has 1 unspecified atom stereocenters. The van der Waals surface area contributed by atoms with Gasteiger partial charge in [-0.15, -0.1) is 0 Å². The molecule has 1 saturated carbocycles. The van der Waals surface area contributed by atoms with Gasteiger partial charge in [0.2, 0.25) is 0 Å². The molecule has 1 atom stereocenters. The van der Waals surface area contributed by atoms with Crippen molar-refractivity contribution in [1.29, 1.82) is 0 Å². The molecular weight excluding hydrogens is 322 g/mol. The van der Waals surface area contributed by atoms with Gasteiger partial charge in [-0.25, -0.2) is 0 Å². The minimum absolute atomic E-state index is 0.535. The number of hydrogen-bond donors (Lipinski definition) is 2. The first-order valence-electron chi connectivity index (χ1n) is 10.1. The molecule has 5 nitrogen and oxygen atoms in total. The summed E-state index contributed by atoms with van der Waals surface area (Å²) in [5, 5.41) is 7.20. The molecule has 0 bridgehead atoms. The first-order chi connectivity index (χ1) is 12.7. The average Bonchev–Trinajstić information content (AvgIpc) is 2.68. The molecule has 2 aliphatic rings. The summed E-state index contributed by atoms with van der Waals surface area (Å²) in [6, 6.07) is 12.0. The van der Waals surface area contributed by atoms with Crippen LogP contribution in [-0.2, 0) is 0 Å². The Kier molecular flexibility index (Phi) is 6.92. The molecule has 2 fully saturated rings. The van der Waals surface area contributed by atoms with Gasteiger partial charge in [0.15, 0.2) is 5.96 Å². The van der Waals surface area contributed by atoms with Crippen LogP contribution in [0.25, 0.3) is 0 Å². The Bertz CT molecular complexity index is 565. The lowest BCUT2D eigenvalue weighted by Gasteiger charge is -2.38. The highest BCUT2D eigenvalue weighted by atomic mass is 15.3. The van der Waals surface area contributed by atoms with Crippen LogP contribution in [0.4, 0.5) is 0 Å². The van der Waals surface area contributed by atoms with Crippen molar-refractivity contribution >= 4 is 5.96 Å². The van der Waals surface area contributed by atoms with Crippen LogP contribution >= 0.6 is 0 Å². The van der Waals surface area contributed by atoms with Crippen LogP contribution in [0.15, 0.2) is 35.3 Å². The second-order valence-corrected chi connectivity index (χ2v) is 7.95. The summed E-state index contributed by atoms with van der Waals surface area (Å²) in [6.07, 6.45) is 4.95. The lowest BCUT2D eigenvalue weighted by Crippen LogP contribution is -2.56. The van der Waals surface area contributed by atoms with Gasteiger partial charge in [-0.1, -0.05) is 30.3 Å². The Morgan fingerprint density at radius 2 is 1.81 bits per heavy atom.